The van der Waals surface area contributed by atoms with Gasteiger partial charge in [0.1, 0.15) is 0 Å². The third kappa shape index (κ3) is 2.15. The summed E-state index contributed by atoms with van der Waals surface area (Å²) in [6, 6.07) is 5.58. The van der Waals surface area contributed by atoms with Gasteiger partial charge in [-0.25, -0.2) is 0 Å². The number of hydrogen-bond donors (Lipinski definition) is 0. The van der Waals surface area contributed by atoms with Gasteiger partial charge in [0.2, 0.25) is 0 Å². The molecule has 0 aliphatic heterocycles. The highest BCUT2D eigenvalue weighted by Gasteiger charge is 2.10. The molecular weight excluding hydrogens is 238 g/mol. The van der Waals surface area contributed by atoms with Crippen molar-refractivity contribution in [2.45, 2.75) is 13.3 Å². The van der Waals surface area contributed by atoms with E-state index >= 15 is 0 Å². The second kappa shape index (κ2) is 4.80. The molecule has 90 valence electrons. The van der Waals surface area contributed by atoms with Gasteiger partial charge < -0.3 is 9.47 Å². The van der Waals surface area contributed by atoms with Crippen molar-refractivity contribution in [1.82, 2.24) is 4.98 Å². The second-order valence-corrected chi connectivity index (χ2v) is 4.08. The summed E-state index contributed by atoms with van der Waals surface area (Å²) < 4.78 is 10.5. The van der Waals surface area contributed by atoms with E-state index in [1.165, 1.54) is 0 Å². The maximum atomic E-state index is 6.23. The first-order chi connectivity index (χ1) is 8.19. The molecule has 0 saturated heterocycles. The van der Waals surface area contributed by atoms with Gasteiger partial charge in [-0.05, 0) is 18.6 Å². The molecule has 0 aliphatic carbocycles. The third-order valence-electron chi connectivity index (χ3n) is 2.68. The van der Waals surface area contributed by atoms with Crippen LogP contribution in [-0.4, -0.2) is 19.2 Å². The fraction of sp³-hybridized carbons (Fsp3) is 0.308. The van der Waals surface area contributed by atoms with Crippen molar-refractivity contribution in [1.29, 1.82) is 0 Å². The van der Waals surface area contributed by atoms with Crippen LogP contribution in [0.2, 0.25) is 5.02 Å². The van der Waals surface area contributed by atoms with Crippen LogP contribution in [0.25, 0.3) is 10.9 Å². The van der Waals surface area contributed by atoms with E-state index in [-0.39, 0.29) is 0 Å². The quantitative estimate of drug-likeness (QED) is 0.837. The first kappa shape index (κ1) is 12.0. The van der Waals surface area contributed by atoms with Crippen molar-refractivity contribution in [2.24, 2.45) is 0 Å². The lowest BCUT2D eigenvalue weighted by Crippen LogP contribution is -1.94. The maximum absolute atomic E-state index is 6.23. The van der Waals surface area contributed by atoms with Crippen LogP contribution in [-0.2, 0) is 6.42 Å². The van der Waals surface area contributed by atoms with Crippen molar-refractivity contribution in [3.8, 4) is 11.5 Å². The van der Waals surface area contributed by atoms with Gasteiger partial charge >= 0.3 is 0 Å². The molecule has 3 nitrogen and oxygen atoms in total. The van der Waals surface area contributed by atoms with Crippen molar-refractivity contribution >= 4 is 22.5 Å². The van der Waals surface area contributed by atoms with Crippen molar-refractivity contribution in [3.63, 3.8) is 0 Å². The third-order valence-corrected chi connectivity index (χ3v) is 2.99. The number of halogens is 1. The van der Waals surface area contributed by atoms with E-state index < -0.39 is 0 Å². The molecule has 0 N–H and O–H groups in total. The molecule has 0 radical (unpaired) electrons. The zero-order valence-corrected chi connectivity index (χ0v) is 10.8. The minimum absolute atomic E-state index is 0.660. The Labute approximate surface area is 105 Å². The minimum Gasteiger partial charge on any atom is -0.493 e. The van der Waals surface area contributed by atoms with Crippen LogP contribution < -0.4 is 9.47 Å². The van der Waals surface area contributed by atoms with E-state index in [1.807, 2.05) is 25.1 Å². The van der Waals surface area contributed by atoms with E-state index in [9.17, 15) is 0 Å². The largest absolute Gasteiger partial charge is 0.493 e. The molecule has 1 aromatic carbocycles. The lowest BCUT2D eigenvalue weighted by Gasteiger charge is -2.10. The Morgan fingerprint density at radius 3 is 2.35 bits per heavy atom. The van der Waals surface area contributed by atoms with Gasteiger partial charge in [-0.2, -0.15) is 0 Å². The van der Waals surface area contributed by atoms with Crippen LogP contribution in [0.5, 0.6) is 11.5 Å². The van der Waals surface area contributed by atoms with Crippen LogP contribution in [0.15, 0.2) is 18.2 Å². The molecule has 0 amide bonds. The second-order valence-electron chi connectivity index (χ2n) is 3.67. The molecule has 2 aromatic rings. The highest BCUT2D eigenvalue weighted by molar-refractivity contribution is 6.35. The predicted molar refractivity (Wildman–Crippen MR) is 69.2 cm³/mol. The summed E-state index contributed by atoms with van der Waals surface area (Å²) in [5.41, 5.74) is 1.79. The Bertz CT molecular complexity index is 555. The van der Waals surface area contributed by atoms with Crippen LogP contribution in [0.4, 0.5) is 0 Å². The topological polar surface area (TPSA) is 31.4 Å². The van der Waals surface area contributed by atoms with Gasteiger partial charge in [0.25, 0.3) is 0 Å². The minimum atomic E-state index is 0.660. The first-order valence-electron chi connectivity index (χ1n) is 5.40. The number of aryl methyl sites for hydroxylation is 1. The summed E-state index contributed by atoms with van der Waals surface area (Å²) in [5, 5.41) is 1.56. The van der Waals surface area contributed by atoms with Gasteiger partial charge in [0, 0.05) is 17.1 Å². The summed E-state index contributed by atoms with van der Waals surface area (Å²) >= 11 is 6.23. The molecule has 0 fully saturated rings. The summed E-state index contributed by atoms with van der Waals surface area (Å²) in [7, 11) is 3.21. The smallest absolute Gasteiger partial charge is 0.162 e. The molecule has 0 atom stereocenters. The lowest BCUT2D eigenvalue weighted by molar-refractivity contribution is 0.356. The summed E-state index contributed by atoms with van der Waals surface area (Å²) in [6.07, 6.45) is 0.851. The van der Waals surface area contributed by atoms with E-state index in [1.54, 1.807) is 14.2 Å². The lowest BCUT2D eigenvalue weighted by atomic mass is 10.1. The fourth-order valence-electron chi connectivity index (χ4n) is 1.74. The molecule has 0 spiro atoms. The molecule has 0 aliphatic rings. The number of nitrogens with zero attached hydrogens (tertiary/aromatic N) is 1. The molecule has 4 heteroatoms. The zero-order chi connectivity index (χ0) is 12.4. The zero-order valence-electron chi connectivity index (χ0n) is 10.1. The maximum Gasteiger partial charge on any atom is 0.162 e. The van der Waals surface area contributed by atoms with Gasteiger partial charge in [0.05, 0.1) is 24.8 Å². The highest BCUT2D eigenvalue weighted by atomic mass is 35.5. The summed E-state index contributed by atoms with van der Waals surface area (Å²) in [5.74, 6) is 1.32. The Morgan fingerprint density at radius 2 is 1.76 bits per heavy atom. The van der Waals surface area contributed by atoms with Crippen LogP contribution in [0.1, 0.15) is 12.6 Å². The molecule has 0 saturated carbocycles. The van der Waals surface area contributed by atoms with Crippen molar-refractivity contribution in [3.05, 3.63) is 28.9 Å². The van der Waals surface area contributed by atoms with E-state index in [2.05, 4.69) is 4.98 Å². The van der Waals surface area contributed by atoms with Crippen molar-refractivity contribution < 1.29 is 9.47 Å². The average Bonchev–Trinajstić information content (AvgIpc) is 2.36. The Hall–Kier alpha value is -1.48. The first-order valence-corrected chi connectivity index (χ1v) is 5.78. The molecule has 1 aromatic heterocycles. The van der Waals surface area contributed by atoms with Crippen LogP contribution in [0.3, 0.4) is 0 Å². The number of ether oxygens (including phenoxy) is 2. The van der Waals surface area contributed by atoms with Crippen LogP contribution in [0, 0.1) is 0 Å². The summed E-state index contributed by atoms with van der Waals surface area (Å²) in [4.78, 5) is 4.52. The molecule has 17 heavy (non-hydrogen) atoms. The highest BCUT2D eigenvalue weighted by Crippen LogP contribution is 2.34. The SMILES string of the molecule is CCc1cc(Cl)c2cc(OC)c(OC)cc2n1. The van der Waals surface area contributed by atoms with Crippen LogP contribution >= 0.6 is 11.6 Å². The van der Waals surface area contributed by atoms with Gasteiger partial charge in [0.15, 0.2) is 11.5 Å². The van der Waals surface area contributed by atoms with Gasteiger partial charge in [-0.1, -0.05) is 18.5 Å². The number of hydrogen-bond acceptors (Lipinski definition) is 3. The van der Waals surface area contributed by atoms with E-state index in [4.69, 9.17) is 21.1 Å². The number of methoxy groups -OCH3 is 2. The van der Waals surface area contributed by atoms with E-state index in [0.29, 0.717) is 16.5 Å². The molecule has 1 heterocycles. The molecule has 0 bridgehead atoms. The fourth-order valence-corrected chi connectivity index (χ4v) is 2.02. The van der Waals surface area contributed by atoms with Gasteiger partial charge in [-0.15, -0.1) is 0 Å². The summed E-state index contributed by atoms with van der Waals surface area (Å²) in [6.45, 7) is 2.05. The Morgan fingerprint density at radius 1 is 1.12 bits per heavy atom. The number of benzene rings is 1. The van der Waals surface area contributed by atoms with Gasteiger partial charge in [-0.3, -0.25) is 4.98 Å². The Kier molecular flexibility index (Phi) is 3.38. The molecule has 2 rings (SSSR count). The number of rotatable bonds is 3. The van der Waals surface area contributed by atoms with Crippen molar-refractivity contribution in [2.75, 3.05) is 14.2 Å². The number of pyridine rings is 1. The number of fused-ring (bicyclic) bond motifs is 1. The standard InChI is InChI=1S/C13H14ClNO2/c1-4-8-5-10(14)9-6-12(16-2)13(17-3)7-11(9)15-8/h5-7H,4H2,1-3H3. The van der Waals surface area contributed by atoms with E-state index in [0.717, 1.165) is 23.0 Å². The molecular formula is C13H14ClNO2. The molecule has 0 unspecified atom stereocenters. The Balaban J connectivity index is 2.73. The average molecular weight is 252 g/mol. The monoisotopic (exact) mass is 251 g/mol. The number of aromatic nitrogens is 1. The predicted octanol–water partition coefficient (Wildman–Crippen LogP) is 3.47. The normalized spacial score (nSPS) is 10.6.